The Hall–Kier alpha value is -0.850. The zero-order chi connectivity index (χ0) is 9.52. The molecular weight excluding hydrogens is 163 g/mol. The summed E-state index contributed by atoms with van der Waals surface area (Å²) in [6.07, 6.45) is 4.06. The van der Waals surface area contributed by atoms with E-state index in [-0.39, 0.29) is 6.67 Å². The summed E-state index contributed by atoms with van der Waals surface area (Å²) in [4.78, 5) is 0. The highest BCUT2D eigenvalue weighted by Gasteiger charge is 1.99. The molecule has 1 aromatic rings. The Labute approximate surface area is 79.8 Å². The second-order valence-electron chi connectivity index (χ2n) is 3.31. The molecule has 0 amide bonds. The molecule has 0 unspecified atom stereocenters. The van der Waals surface area contributed by atoms with Crippen molar-refractivity contribution in [3.8, 4) is 0 Å². The van der Waals surface area contributed by atoms with Crippen molar-refractivity contribution in [3.05, 3.63) is 35.4 Å². The van der Waals surface area contributed by atoms with Gasteiger partial charge < -0.3 is 0 Å². The molecular formula is C12H17F. The number of aryl methyl sites for hydroxylation is 2. The Morgan fingerprint density at radius 1 is 1.08 bits per heavy atom. The van der Waals surface area contributed by atoms with Gasteiger partial charge in [0, 0.05) is 6.42 Å². The summed E-state index contributed by atoms with van der Waals surface area (Å²) in [5.41, 5.74) is 2.50. The summed E-state index contributed by atoms with van der Waals surface area (Å²) in [5.74, 6) is 0. The minimum absolute atomic E-state index is 0.247. The van der Waals surface area contributed by atoms with E-state index in [4.69, 9.17) is 0 Å². The van der Waals surface area contributed by atoms with Crippen molar-refractivity contribution in [1.82, 2.24) is 0 Å². The van der Waals surface area contributed by atoms with E-state index in [1.165, 1.54) is 24.0 Å². The molecule has 0 saturated carbocycles. The minimum atomic E-state index is -0.247. The number of hydrogen-bond acceptors (Lipinski definition) is 0. The molecule has 0 aromatic heterocycles. The second kappa shape index (κ2) is 5.74. The average Bonchev–Trinajstić information content (AvgIpc) is 2.17. The molecule has 72 valence electrons. The number of unbranched alkanes of at least 4 members (excludes halogenated alkanes) is 1. The second-order valence-corrected chi connectivity index (χ2v) is 3.31. The van der Waals surface area contributed by atoms with Crippen molar-refractivity contribution in [2.75, 3.05) is 6.67 Å². The van der Waals surface area contributed by atoms with Crippen molar-refractivity contribution in [3.63, 3.8) is 0 Å². The molecule has 0 aliphatic carbocycles. The highest BCUT2D eigenvalue weighted by molar-refractivity contribution is 5.27. The van der Waals surface area contributed by atoms with Crippen LogP contribution >= 0.6 is 0 Å². The van der Waals surface area contributed by atoms with E-state index in [9.17, 15) is 4.39 Å². The summed E-state index contributed by atoms with van der Waals surface area (Å²) >= 11 is 0. The topological polar surface area (TPSA) is 0 Å². The molecule has 0 N–H and O–H groups in total. The maximum Gasteiger partial charge on any atom is 0.0934 e. The van der Waals surface area contributed by atoms with Crippen molar-refractivity contribution in [2.24, 2.45) is 0 Å². The van der Waals surface area contributed by atoms with Crippen LogP contribution in [0, 0.1) is 0 Å². The molecule has 0 aliphatic heterocycles. The maximum absolute atomic E-state index is 12.2. The lowest BCUT2D eigenvalue weighted by Crippen LogP contribution is -1.95. The lowest BCUT2D eigenvalue weighted by Gasteiger charge is -2.06. The fourth-order valence-electron chi connectivity index (χ4n) is 1.51. The highest BCUT2D eigenvalue weighted by Crippen LogP contribution is 2.12. The van der Waals surface area contributed by atoms with Crippen LogP contribution in [0.1, 0.15) is 30.9 Å². The summed E-state index contributed by atoms with van der Waals surface area (Å²) in [7, 11) is 0. The normalized spacial score (nSPS) is 10.3. The molecule has 0 saturated heterocycles. The fourth-order valence-corrected chi connectivity index (χ4v) is 1.51. The van der Waals surface area contributed by atoms with Crippen LogP contribution in [0.4, 0.5) is 4.39 Å². The molecule has 0 bridgehead atoms. The van der Waals surface area contributed by atoms with E-state index in [1.54, 1.807) is 0 Å². The van der Waals surface area contributed by atoms with Crippen LogP contribution in [0.5, 0.6) is 0 Å². The van der Waals surface area contributed by atoms with Crippen LogP contribution in [0.3, 0.4) is 0 Å². The van der Waals surface area contributed by atoms with Gasteiger partial charge in [-0.1, -0.05) is 37.6 Å². The number of hydrogen-bond donors (Lipinski definition) is 0. The van der Waals surface area contributed by atoms with E-state index in [1.807, 2.05) is 18.2 Å². The first-order valence-electron chi connectivity index (χ1n) is 5.01. The third-order valence-electron chi connectivity index (χ3n) is 2.28. The lowest BCUT2D eigenvalue weighted by molar-refractivity contribution is 0.494. The van der Waals surface area contributed by atoms with Gasteiger partial charge in [-0.05, 0) is 24.0 Å². The molecule has 1 aromatic carbocycles. The van der Waals surface area contributed by atoms with Gasteiger partial charge in [-0.2, -0.15) is 0 Å². The predicted molar refractivity (Wildman–Crippen MR) is 54.7 cm³/mol. The van der Waals surface area contributed by atoms with E-state index in [0.717, 1.165) is 6.42 Å². The van der Waals surface area contributed by atoms with Crippen LogP contribution < -0.4 is 0 Å². The number of benzene rings is 1. The van der Waals surface area contributed by atoms with Crippen molar-refractivity contribution in [1.29, 1.82) is 0 Å². The van der Waals surface area contributed by atoms with Gasteiger partial charge >= 0.3 is 0 Å². The standard InChI is InChI=1S/C12H17F/c1-2-3-6-11-7-4-5-8-12(11)9-10-13/h4-5,7-8H,2-3,6,9-10H2,1H3. The average molecular weight is 180 g/mol. The van der Waals surface area contributed by atoms with Crippen molar-refractivity contribution < 1.29 is 4.39 Å². The van der Waals surface area contributed by atoms with Gasteiger partial charge in [0.1, 0.15) is 0 Å². The predicted octanol–water partition coefficient (Wildman–Crippen LogP) is 3.54. The van der Waals surface area contributed by atoms with Crippen molar-refractivity contribution >= 4 is 0 Å². The van der Waals surface area contributed by atoms with E-state index in [2.05, 4.69) is 13.0 Å². The zero-order valence-corrected chi connectivity index (χ0v) is 8.22. The number of halogens is 1. The SMILES string of the molecule is CCCCc1ccccc1CCF. The van der Waals surface area contributed by atoms with Gasteiger partial charge in [0.2, 0.25) is 0 Å². The lowest BCUT2D eigenvalue weighted by atomic mass is 10.0. The molecule has 0 spiro atoms. The molecule has 0 nitrogen and oxygen atoms in total. The molecule has 0 atom stereocenters. The molecule has 0 heterocycles. The summed E-state index contributed by atoms with van der Waals surface area (Å²) in [6, 6.07) is 8.17. The highest BCUT2D eigenvalue weighted by atomic mass is 19.1. The maximum atomic E-state index is 12.2. The Kier molecular flexibility index (Phi) is 4.52. The van der Waals surface area contributed by atoms with E-state index >= 15 is 0 Å². The summed E-state index contributed by atoms with van der Waals surface area (Å²) < 4.78 is 12.2. The fraction of sp³-hybridized carbons (Fsp3) is 0.500. The van der Waals surface area contributed by atoms with Gasteiger partial charge in [-0.3, -0.25) is 4.39 Å². The number of alkyl halides is 1. The summed E-state index contributed by atoms with van der Waals surface area (Å²) in [6.45, 7) is 1.93. The molecule has 0 fully saturated rings. The zero-order valence-electron chi connectivity index (χ0n) is 8.22. The van der Waals surface area contributed by atoms with Gasteiger partial charge in [-0.25, -0.2) is 0 Å². The first kappa shape index (κ1) is 10.2. The van der Waals surface area contributed by atoms with E-state index < -0.39 is 0 Å². The van der Waals surface area contributed by atoms with Gasteiger partial charge in [0.15, 0.2) is 0 Å². The molecule has 0 radical (unpaired) electrons. The van der Waals surface area contributed by atoms with Crippen LogP contribution in [-0.4, -0.2) is 6.67 Å². The number of rotatable bonds is 5. The van der Waals surface area contributed by atoms with Crippen LogP contribution in [0.2, 0.25) is 0 Å². The first-order valence-corrected chi connectivity index (χ1v) is 5.01. The Morgan fingerprint density at radius 3 is 2.23 bits per heavy atom. The van der Waals surface area contributed by atoms with Crippen LogP contribution in [0.25, 0.3) is 0 Å². The monoisotopic (exact) mass is 180 g/mol. The Balaban J connectivity index is 2.66. The minimum Gasteiger partial charge on any atom is -0.251 e. The van der Waals surface area contributed by atoms with E-state index in [0.29, 0.717) is 6.42 Å². The molecule has 1 heteroatoms. The third-order valence-corrected chi connectivity index (χ3v) is 2.28. The Bertz CT molecular complexity index is 243. The summed E-state index contributed by atoms with van der Waals surface area (Å²) in [5, 5.41) is 0. The smallest absolute Gasteiger partial charge is 0.0934 e. The molecule has 1 rings (SSSR count). The first-order chi connectivity index (χ1) is 6.38. The van der Waals surface area contributed by atoms with Gasteiger partial charge in [-0.15, -0.1) is 0 Å². The molecule has 13 heavy (non-hydrogen) atoms. The third kappa shape index (κ3) is 3.17. The molecule has 0 aliphatic rings. The van der Waals surface area contributed by atoms with Crippen LogP contribution in [-0.2, 0) is 12.8 Å². The van der Waals surface area contributed by atoms with Gasteiger partial charge in [0.05, 0.1) is 6.67 Å². The van der Waals surface area contributed by atoms with Crippen molar-refractivity contribution in [2.45, 2.75) is 32.6 Å². The quantitative estimate of drug-likeness (QED) is 0.650. The van der Waals surface area contributed by atoms with Crippen LogP contribution in [0.15, 0.2) is 24.3 Å². The Morgan fingerprint density at radius 2 is 1.69 bits per heavy atom. The largest absolute Gasteiger partial charge is 0.251 e. The van der Waals surface area contributed by atoms with Gasteiger partial charge in [0.25, 0.3) is 0 Å².